The van der Waals surface area contributed by atoms with Gasteiger partial charge in [0.05, 0.1) is 16.8 Å². The van der Waals surface area contributed by atoms with Crippen molar-refractivity contribution in [2.24, 2.45) is 0 Å². The zero-order valence-corrected chi connectivity index (χ0v) is 20.4. The van der Waals surface area contributed by atoms with E-state index in [0.29, 0.717) is 0 Å². The summed E-state index contributed by atoms with van der Waals surface area (Å²) in [6.45, 7) is 6.01. The predicted molar refractivity (Wildman–Crippen MR) is 126 cm³/mol. The van der Waals surface area contributed by atoms with E-state index in [0.717, 1.165) is 17.7 Å². The van der Waals surface area contributed by atoms with Crippen LogP contribution in [-0.2, 0) is 22.3 Å². The highest BCUT2D eigenvalue weighted by Crippen LogP contribution is 2.43. The van der Waals surface area contributed by atoms with Gasteiger partial charge in [-0.25, -0.2) is 4.79 Å². The van der Waals surface area contributed by atoms with Crippen LogP contribution in [0.4, 0.5) is 23.7 Å². The van der Waals surface area contributed by atoms with Crippen molar-refractivity contribution in [1.29, 1.82) is 0 Å². The summed E-state index contributed by atoms with van der Waals surface area (Å²) in [5, 5.41) is 4.97. The Morgan fingerprint density at radius 2 is 1.81 bits per heavy atom. The van der Waals surface area contributed by atoms with Gasteiger partial charge in [0, 0.05) is 19.1 Å². The molecular weight excluding hydrogens is 479 g/mol. The lowest BCUT2D eigenvalue weighted by Crippen LogP contribution is -2.54. The van der Waals surface area contributed by atoms with E-state index in [1.807, 2.05) is 6.07 Å². The van der Waals surface area contributed by atoms with Gasteiger partial charge < -0.3 is 25.0 Å². The third-order valence-electron chi connectivity index (χ3n) is 5.30. The molecule has 3 rings (SSSR count). The smallest absolute Gasteiger partial charge is 0.417 e. The number of amides is 3. The molecule has 8 nitrogen and oxygen atoms in total. The van der Waals surface area contributed by atoms with Crippen LogP contribution in [0.25, 0.3) is 0 Å². The average Bonchev–Trinajstić information content (AvgIpc) is 2.79. The lowest BCUT2D eigenvalue weighted by Gasteiger charge is -2.39. The minimum Gasteiger partial charge on any atom is -0.476 e. The number of hydrogen-bond acceptors (Lipinski definition) is 5. The number of rotatable bonds is 7. The number of nitrogens with zero attached hydrogens (tertiary/aromatic N) is 1. The Bertz CT molecular complexity index is 1130. The number of fused-ring (bicyclic) bond motifs is 1. The standard InChI is InChI=1S/C25H28F3N3O5/c1-15(2)30-21(32)17-12-19-20(13-18(17)25(26,27)28)36-24(3,4)22(33)31(19)11-10-29-23(34)35-14-16-8-6-5-7-9-16/h5-9,12-13,15H,10-11,14H2,1-4H3,(H,29,34)(H,30,32). The SMILES string of the molecule is CC(C)NC(=O)c1cc2c(cc1C(F)(F)F)OC(C)(C)C(=O)N2CCNC(=O)OCc1ccccc1. The van der Waals surface area contributed by atoms with Crippen molar-refractivity contribution in [3.63, 3.8) is 0 Å². The zero-order valence-electron chi connectivity index (χ0n) is 20.4. The van der Waals surface area contributed by atoms with Crippen molar-refractivity contribution < 1.29 is 37.0 Å². The fraction of sp³-hybridized carbons (Fsp3) is 0.400. The Kier molecular flexibility index (Phi) is 7.80. The normalized spacial score (nSPS) is 14.7. The van der Waals surface area contributed by atoms with E-state index in [-0.39, 0.29) is 31.1 Å². The van der Waals surface area contributed by atoms with Gasteiger partial charge in [0.15, 0.2) is 5.60 Å². The van der Waals surface area contributed by atoms with Gasteiger partial charge in [-0.1, -0.05) is 30.3 Å². The summed E-state index contributed by atoms with van der Waals surface area (Å²) in [5.41, 5.74) is -2.48. The third kappa shape index (κ3) is 6.27. The summed E-state index contributed by atoms with van der Waals surface area (Å²) in [4.78, 5) is 38.9. The molecule has 3 amide bonds. The fourth-order valence-corrected chi connectivity index (χ4v) is 3.64. The maximum Gasteiger partial charge on any atom is 0.417 e. The minimum absolute atomic E-state index is 0.000633. The summed E-state index contributed by atoms with van der Waals surface area (Å²) in [6.07, 6.45) is -5.55. The molecule has 0 unspecified atom stereocenters. The number of halogens is 3. The second kappa shape index (κ2) is 10.5. The highest BCUT2D eigenvalue weighted by Gasteiger charge is 2.44. The van der Waals surface area contributed by atoms with Crippen LogP contribution in [-0.4, -0.2) is 42.6 Å². The summed E-state index contributed by atoms with van der Waals surface area (Å²) < 4.78 is 52.1. The van der Waals surface area contributed by atoms with E-state index >= 15 is 0 Å². The van der Waals surface area contributed by atoms with Crippen molar-refractivity contribution in [1.82, 2.24) is 10.6 Å². The fourth-order valence-electron chi connectivity index (χ4n) is 3.64. The molecule has 0 atom stereocenters. The molecule has 0 saturated carbocycles. The molecular formula is C25H28F3N3O5. The lowest BCUT2D eigenvalue weighted by atomic mass is 9.98. The topological polar surface area (TPSA) is 97.0 Å². The van der Waals surface area contributed by atoms with Crippen molar-refractivity contribution in [2.75, 3.05) is 18.0 Å². The van der Waals surface area contributed by atoms with E-state index in [1.54, 1.807) is 38.1 Å². The summed E-state index contributed by atoms with van der Waals surface area (Å²) in [6, 6.07) is 10.3. The maximum absolute atomic E-state index is 13.8. The molecule has 0 spiro atoms. The second-order valence-corrected chi connectivity index (χ2v) is 9.05. The van der Waals surface area contributed by atoms with Crippen molar-refractivity contribution in [3.8, 4) is 5.75 Å². The predicted octanol–water partition coefficient (Wildman–Crippen LogP) is 4.27. The number of carbonyl (C=O) groups is 3. The van der Waals surface area contributed by atoms with Gasteiger partial charge >= 0.3 is 12.3 Å². The van der Waals surface area contributed by atoms with Crippen molar-refractivity contribution in [3.05, 3.63) is 59.2 Å². The van der Waals surface area contributed by atoms with Crippen LogP contribution in [0.3, 0.4) is 0 Å². The highest BCUT2D eigenvalue weighted by molar-refractivity contribution is 6.05. The number of anilines is 1. The molecule has 2 aromatic carbocycles. The van der Waals surface area contributed by atoms with E-state index in [1.165, 1.54) is 18.7 Å². The summed E-state index contributed by atoms with van der Waals surface area (Å²) in [5.74, 6) is -1.66. The lowest BCUT2D eigenvalue weighted by molar-refractivity contribution is -0.138. The molecule has 2 N–H and O–H groups in total. The molecule has 11 heteroatoms. The van der Waals surface area contributed by atoms with Gasteiger partial charge in [0.1, 0.15) is 12.4 Å². The van der Waals surface area contributed by atoms with E-state index < -0.39 is 46.9 Å². The number of nitrogens with one attached hydrogen (secondary N) is 2. The minimum atomic E-state index is -4.83. The van der Waals surface area contributed by atoms with Crippen LogP contribution >= 0.6 is 0 Å². The molecule has 194 valence electrons. The molecule has 1 heterocycles. The molecule has 36 heavy (non-hydrogen) atoms. The molecule has 0 fully saturated rings. The zero-order chi connectivity index (χ0) is 26.7. The Hall–Kier alpha value is -3.76. The van der Waals surface area contributed by atoms with Crippen molar-refractivity contribution >= 4 is 23.6 Å². The van der Waals surface area contributed by atoms with Crippen molar-refractivity contribution in [2.45, 2.75) is 52.1 Å². The number of hydrogen-bond donors (Lipinski definition) is 2. The molecule has 0 radical (unpaired) electrons. The quantitative estimate of drug-likeness (QED) is 0.584. The third-order valence-corrected chi connectivity index (χ3v) is 5.30. The number of carbonyl (C=O) groups excluding carboxylic acids is 3. The van der Waals surface area contributed by atoms with Gasteiger partial charge in [0.25, 0.3) is 11.8 Å². The molecule has 0 bridgehead atoms. The van der Waals surface area contributed by atoms with E-state index in [4.69, 9.17) is 9.47 Å². The van der Waals surface area contributed by atoms with Crippen LogP contribution < -0.4 is 20.3 Å². The first-order chi connectivity index (χ1) is 16.8. The first kappa shape index (κ1) is 26.8. The van der Waals surface area contributed by atoms with Crippen LogP contribution in [0.1, 0.15) is 49.2 Å². The van der Waals surface area contributed by atoms with E-state index in [9.17, 15) is 27.6 Å². The number of benzene rings is 2. The molecule has 0 aromatic heterocycles. The van der Waals surface area contributed by atoms with Crippen LogP contribution in [0.2, 0.25) is 0 Å². The van der Waals surface area contributed by atoms with Gasteiger partial charge in [-0.05, 0) is 45.4 Å². The first-order valence-electron chi connectivity index (χ1n) is 11.3. The summed E-state index contributed by atoms with van der Waals surface area (Å²) >= 11 is 0. The molecule has 1 aliphatic rings. The Labute approximate surface area is 206 Å². The average molecular weight is 508 g/mol. The van der Waals surface area contributed by atoms with Gasteiger partial charge in [0.2, 0.25) is 0 Å². The van der Waals surface area contributed by atoms with Gasteiger partial charge in [-0.15, -0.1) is 0 Å². The Morgan fingerprint density at radius 1 is 1.14 bits per heavy atom. The maximum atomic E-state index is 13.8. The highest BCUT2D eigenvalue weighted by atomic mass is 19.4. The van der Waals surface area contributed by atoms with Crippen LogP contribution in [0.15, 0.2) is 42.5 Å². The van der Waals surface area contributed by atoms with Gasteiger partial charge in [-0.2, -0.15) is 13.2 Å². The largest absolute Gasteiger partial charge is 0.476 e. The van der Waals surface area contributed by atoms with E-state index in [2.05, 4.69) is 10.6 Å². The van der Waals surface area contributed by atoms with Gasteiger partial charge in [-0.3, -0.25) is 9.59 Å². The molecule has 0 saturated heterocycles. The molecule has 2 aromatic rings. The number of alkyl halides is 3. The number of ether oxygens (including phenoxy) is 2. The monoisotopic (exact) mass is 507 g/mol. The van der Waals surface area contributed by atoms with Crippen LogP contribution in [0, 0.1) is 0 Å². The Morgan fingerprint density at radius 3 is 2.42 bits per heavy atom. The number of alkyl carbamates (subject to hydrolysis) is 1. The molecule has 1 aliphatic heterocycles. The summed E-state index contributed by atoms with van der Waals surface area (Å²) in [7, 11) is 0. The second-order valence-electron chi connectivity index (χ2n) is 9.05. The van der Waals surface area contributed by atoms with Crippen LogP contribution in [0.5, 0.6) is 5.75 Å². The first-order valence-corrected chi connectivity index (χ1v) is 11.3. The Balaban J connectivity index is 1.83. The molecule has 0 aliphatic carbocycles.